The van der Waals surface area contributed by atoms with Gasteiger partial charge in [-0.15, -0.1) is 0 Å². The number of benzene rings is 2. The minimum absolute atomic E-state index is 0.595. The predicted octanol–water partition coefficient (Wildman–Crippen LogP) is 4.86. The molecule has 0 fully saturated rings. The Morgan fingerprint density at radius 3 is 1.67 bits per heavy atom. The van der Waals surface area contributed by atoms with Gasteiger partial charge in [0.25, 0.3) is 0 Å². The van der Waals surface area contributed by atoms with Gasteiger partial charge in [-0.1, -0.05) is 72.3 Å². The summed E-state index contributed by atoms with van der Waals surface area (Å²) < 4.78 is 10.5. The summed E-state index contributed by atoms with van der Waals surface area (Å²) in [5, 5.41) is 3.85. The molecule has 0 bridgehead atoms. The van der Waals surface area contributed by atoms with Crippen molar-refractivity contribution in [2.24, 2.45) is 0 Å². The van der Waals surface area contributed by atoms with Crippen LogP contribution in [0.25, 0.3) is 0 Å². The van der Waals surface area contributed by atoms with E-state index in [-0.39, 0.29) is 0 Å². The molecule has 0 radical (unpaired) electrons. The number of hydrogen-bond acceptors (Lipinski definition) is 11. The van der Waals surface area contributed by atoms with Crippen LogP contribution >= 0.6 is 11.6 Å². The molecule has 254 valence electrons. The van der Waals surface area contributed by atoms with Gasteiger partial charge >= 0.3 is 0 Å². The van der Waals surface area contributed by atoms with E-state index in [0.29, 0.717) is 16.9 Å². The summed E-state index contributed by atoms with van der Waals surface area (Å²) in [5.74, 6) is 1.41. The van der Waals surface area contributed by atoms with Crippen molar-refractivity contribution in [3.05, 3.63) is 130 Å². The van der Waals surface area contributed by atoms with Gasteiger partial charge in [0.1, 0.15) is 24.1 Å². The molecule has 8 rings (SSSR count). The van der Waals surface area contributed by atoms with E-state index in [1.54, 1.807) is 33.2 Å². The SMILES string of the molecule is COc1ncnc2c1CN(Cc1ccccc1)CC2.COc1ncnc2c1CNCC2.Clc1ncnc2c1CN(Cc1ccccc1)CC2. The van der Waals surface area contributed by atoms with Gasteiger partial charge in [0.2, 0.25) is 11.8 Å². The molecule has 0 spiro atoms. The molecule has 3 aliphatic rings. The highest BCUT2D eigenvalue weighted by atomic mass is 35.5. The topological polar surface area (TPSA) is 114 Å². The molecule has 2 aromatic carbocycles. The molecule has 0 atom stereocenters. The summed E-state index contributed by atoms with van der Waals surface area (Å²) in [6.45, 7) is 7.46. The molecule has 0 unspecified atom stereocenters. The Hall–Kier alpha value is -4.55. The normalized spacial score (nSPS) is 15.2. The molecule has 0 saturated heterocycles. The van der Waals surface area contributed by atoms with Crippen LogP contribution in [-0.4, -0.2) is 73.6 Å². The van der Waals surface area contributed by atoms with Crippen molar-refractivity contribution in [1.29, 1.82) is 0 Å². The third-order valence-corrected chi connectivity index (χ3v) is 9.12. The van der Waals surface area contributed by atoms with Gasteiger partial charge < -0.3 is 14.8 Å². The maximum absolute atomic E-state index is 6.13. The summed E-state index contributed by atoms with van der Waals surface area (Å²) in [5.41, 5.74) is 9.31. The largest absolute Gasteiger partial charge is 0.481 e. The average molecular weight is 680 g/mol. The van der Waals surface area contributed by atoms with Crippen LogP contribution in [0.3, 0.4) is 0 Å². The van der Waals surface area contributed by atoms with E-state index in [1.807, 2.05) is 12.1 Å². The van der Waals surface area contributed by atoms with Crippen LogP contribution in [0.4, 0.5) is 0 Å². The van der Waals surface area contributed by atoms with E-state index in [1.165, 1.54) is 11.1 Å². The number of ether oxygens (including phenoxy) is 2. The van der Waals surface area contributed by atoms with Crippen molar-refractivity contribution in [3.63, 3.8) is 0 Å². The van der Waals surface area contributed by atoms with E-state index < -0.39 is 0 Å². The smallest absolute Gasteiger partial charge is 0.220 e. The molecule has 0 saturated carbocycles. The number of nitrogens with zero attached hydrogens (tertiary/aromatic N) is 8. The van der Waals surface area contributed by atoms with E-state index in [4.69, 9.17) is 21.1 Å². The Morgan fingerprint density at radius 1 is 0.612 bits per heavy atom. The van der Waals surface area contributed by atoms with Gasteiger partial charge in [0.15, 0.2) is 0 Å². The number of aromatic nitrogens is 6. The molecular weight excluding hydrogens is 638 g/mol. The van der Waals surface area contributed by atoms with Crippen molar-refractivity contribution in [3.8, 4) is 11.8 Å². The van der Waals surface area contributed by atoms with Crippen LogP contribution in [-0.2, 0) is 52.0 Å². The first-order valence-corrected chi connectivity index (χ1v) is 16.9. The highest BCUT2D eigenvalue weighted by Gasteiger charge is 2.22. The number of rotatable bonds is 6. The van der Waals surface area contributed by atoms with Crippen molar-refractivity contribution in [1.82, 2.24) is 45.0 Å². The van der Waals surface area contributed by atoms with Crippen molar-refractivity contribution >= 4 is 11.6 Å². The van der Waals surface area contributed by atoms with Gasteiger partial charge in [-0.25, -0.2) is 29.9 Å². The first-order chi connectivity index (χ1) is 24.1. The lowest BCUT2D eigenvalue weighted by molar-refractivity contribution is 0.236. The number of fused-ring (bicyclic) bond motifs is 3. The van der Waals surface area contributed by atoms with Crippen molar-refractivity contribution in [2.75, 3.05) is 33.9 Å². The second-order valence-electron chi connectivity index (χ2n) is 12.0. The quantitative estimate of drug-likeness (QED) is 0.248. The van der Waals surface area contributed by atoms with E-state index in [2.05, 4.69) is 93.6 Å². The van der Waals surface area contributed by atoms with E-state index in [9.17, 15) is 0 Å². The second-order valence-corrected chi connectivity index (χ2v) is 12.4. The fourth-order valence-electron chi connectivity index (χ4n) is 6.28. The standard InChI is InChI=1S/C15H17N3O.C14H14ClN3.C8H11N3O/c1-19-15-13-10-18(8-7-14(13)16-11-17-15)9-12-5-3-2-4-6-12;15-14-12-9-18(7-6-13(12)16-10-17-14)8-11-4-2-1-3-5-11;1-12-8-6-4-9-3-2-7(6)10-5-11-8/h2-6,11H,7-10H2,1H3;1-5,10H,6-9H2;5,9H,2-4H2,1H3. The van der Waals surface area contributed by atoms with Crippen LogP contribution in [0.2, 0.25) is 5.15 Å². The molecule has 49 heavy (non-hydrogen) atoms. The Morgan fingerprint density at radius 2 is 1.10 bits per heavy atom. The molecule has 1 N–H and O–H groups in total. The molecule has 3 aromatic heterocycles. The molecule has 0 amide bonds. The van der Waals surface area contributed by atoms with Crippen LogP contribution in [0.1, 0.15) is 44.9 Å². The molecule has 6 heterocycles. The van der Waals surface area contributed by atoms with Crippen LogP contribution in [0.15, 0.2) is 79.6 Å². The Kier molecular flexibility index (Phi) is 12.1. The fraction of sp³-hybridized carbons (Fsp3) is 0.351. The molecule has 12 heteroatoms. The number of halogens is 1. The minimum Gasteiger partial charge on any atom is -0.481 e. The number of hydrogen-bond donors (Lipinski definition) is 1. The van der Waals surface area contributed by atoms with Crippen molar-refractivity contribution < 1.29 is 9.47 Å². The lowest BCUT2D eigenvalue weighted by atomic mass is 10.1. The predicted molar refractivity (Wildman–Crippen MR) is 188 cm³/mol. The van der Waals surface area contributed by atoms with Gasteiger partial charge in [-0.05, 0) is 11.1 Å². The van der Waals surface area contributed by atoms with Crippen LogP contribution in [0, 0.1) is 0 Å². The van der Waals surface area contributed by atoms with Gasteiger partial charge in [0.05, 0.1) is 31.3 Å². The highest BCUT2D eigenvalue weighted by molar-refractivity contribution is 6.30. The third-order valence-electron chi connectivity index (χ3n) is 8.79. The molecular formula is C37H42ClN9O2. The minimum atomic E-state index is 0.595. The maximum atomic E-state index is 6.13. The first-order valence-electron chi connectivity index (χ1n) is 16.6. The highest BCUT2D eigenvalue weighted by Crippen LogP contribution is 2.26. The summed E-state index contributed by atoms with van der Waals surface area (Å²) in [7, 11) is 3.30. The zero-order chi connectivity index (χ0) is 33.8. The zero-order valence-electron chi connectivity index (χ0n) is 28.1. The van der Waals surface area contributed by atoms with Gasteiger partial charge in [-0.3, -0.25) is 9.80 Å². The Labute approximate surface area is 292 Å². The summed E-state index contributed by atoms with van der Waals surface area (Å²) in [4.78, 5) is 29.9. The first kappa shape index (κ1) is 34.3. The Bertz CT molecular complexity index is 1770. The molecule has 5 aromatic rings. The summed E-state index contributed by atoms with van der Waals surface area (Å²) in [6, 6.07) is 21.0. The summed E-state index contributed by atoms with van der Waals surface area (Å²) in [6.07, 6.45) is 7.57. The molecule has 11 nitrogen and oxygen atoms in total. The third kappa shape index (κ3) is 9.12. The molecule has 3 aliphatic heterocycles. The molecule has 0 aliphatic carbocycles. The van der Waals surface area contributed by atoms with Crippen LogP contribution in [0.5, 0.6) is 11.8 Å². The average Bonchev–Trinajstić information content (AvgIpc) is 3.16. The lowest BCUT2D eigenvalue weighted by Crippen LogP contribution is -2.31. The maximum Gasteiger partial charge on any atom is 0.220 e. The zero-order valence-corrected chi connectivity index (χ0v) is 28.8. The van der Waals surface area contributed by atoms with E-state index in [0.717, 1.165) is 105 Å². The Balaban J connectivity index is 0.000000131. The lowest BCUT2D eigenvalue weighted by Gasteiger charge is -2.28. The number of methoxy groups -OCH3 is 2. The number of nitrogens with one attached hydrogen (secondary N) is 1. The van der Waals surface area contributed by atoms with E-state index >= 15 is 0 Å². The van der Waals surface area contributed by atoms with Gasteiger partial charge in [-0.2, -0.15) is 0 Å². The fourth-order valence-corrected chi connectivity index (χ4v) is 6.50. The summed E-state index contributed by atoms with van der Waals surface area (Å²) >= 11 is 6.13. The van der Waals surface area contributed by atoms with Crippen LogP contribution < -0.4 is 14.8 Å². The second kappa shape index (κ2) is 17.2. The van der Waals surface area contributed by atoms with Gasteiger partial charge in [0, 0.05) is 88.3 Å². The monoisotopic (exact) mass is 679 g/mol. The van der Waals surface area contributed by atoms with Crippen molar-refractivity contribution in [2.45, 2.75) is 52.0 Å².